The second-order valence-electron chi connectivity index (χ2n) is 7.45. The maximum Gasteiger partial charge on any atom is 0.141 e. The number of rotatable bonds is 4. The standard InChI is InChI=1S/C23H29ClO2/c1-3-18(4-2)19-8-10-20(11-9-19)23-16-25-22(15-26-23)14-7-17-5-12-21(24)13-6-17/h3,5-6,12-13,18-20,22-23H,1,4,8-11,15-16H2,2H3. The van der Waals surface area contributed by atoms with Crippen LogP contribution in [0, 0.1) is 29.6 Å². The number of allylic oxidation sites excluding steroid dienone is 1. The van der Waals surface area contributed by atoms with Crippen LogP contribution in [-0.2, 0) is 9.47 Å². The van der Waals surface area contributed by atoms with Crippen molar-refractivity contribution < 1.29 is 9.47 Å². The van der Waals surface area contributed by atoms with Gasteiger partial charge in [0.25, 0.3) is 0 Å². The Labute approximate surface area is 162 Å². The molecule has 3 unspecified atom stereocenters. The van der Waals surface area contributed by atoms with Gasteiger partial charge in [0.15, 0.2) is 0 Å². The lowest BCUT2D eigenvalue weighted by atomic mass is 9.73. The molecule has 1 aromatic carbocycles. The van der Waals surface area contributed by atoms with E-state index in [1.807, 2.05) is 24.3 Å². The second kappa shape index (κ2) is 9.60. The monoisotopic (exact) mass is 372 g/mol. The first-order chi connectivity index (χ1) is 12.7. The highest BCUT2D eigenvalue weighted by Crippen LogP contribution is 2.37. The molecule has 0 N–H and O–H groups in total. The van der Waals surface area contributed by atoms with Gasteiger partial charge in [0.05, 0.1) is 19.3 Å². The van der Waals surface area contributed by atoms with Crippen molar-refractivity contribution >= 4 is 11.6 Å². The first kappa shape index (κ1) is 19.5. The molecule has 1 aromatic rings. The summed E-state index contributed by atoms with van der Waals surface area (Å²) < 4.78 is 12.1. The number of benzene rings is 1. The summed E-state index contributed by atoms with van der Waals surface area (Å²) in [5.41, 5.74) is 0.950. The molecule has 140 valence electrons. The Morgan fingerprint density at radius 2 is 1.88 bits per heavy atom. The molecule has 1 aliphatic heterocycles. The second-order valence-corrected chi connectivity index (χ2v) is 7.89. The molecule has 1 aliphatic carbocycles. The maximum absolute atomic E-state index is 6.12. The topological polar surface area (TPSA) is 18.5 Å². The quantitative estimate of drug-likeness (QED) is 0.513. The maximum atomic E-state index is 6.12. The summed E-state index contributed by atoms with van der Waals surface area (Å²) in [6.07, 6.45) is 8.50. The zero-order valence-corrected chi connectivity index (χ0v) is 16.4. The van der Waals surface area contributed by atoms with E-state index < -0.39 is 0 Å². The number of ether oxygens (including phenoxy) is 2. The van der Waals surface area contributed by atoms with E-state index >= 15 is 0 Å². The fourth-order valence-corrected chi connectivity index (χ4v) is 4.33. The van der Waals surface area contributed by atoms with Crippen LogP contribution < -0.4 is 0 Å². The fraction of sp³-hybridized carbons (Fsp3) is 0.565. The van der Waals surface area contributed by atoms with E-state index in [0.29, 0.717) is 25.0 Å². The molecular weight excluding hydrogens is 344 g/mol. The molecule has 0 radical (unpaired) electrons. The average Bonchev–Trinajstić information content (AvgIpc) is 2.69. The van der Waals surface area contributed by atoms with Gasteiger partial charge in [-0.3, -0.25) is 0 Å². The molecule has 2 fully saturated rings. The summed E-state index contributed by atoms with van der Waals surface area (Å²) in [7, 11) is 0. The molecule has 0 amide bonds. The molecule has 2 aliphatic rings. The van der Waals surface area contributed by atoms with Gasteiger partial charge in [0.2, 0.25) is 0 Å². The third-order valence-corrected chi connectivity index (χ3v) is 6.12. The minimum absolute atomic E-state index is 0.136. The Hall–Kier alpha value is -1.27. The van der Waals surface area contributed by atoms with Crippen LogP contribution in [0.2, 0.25) is 5.02 Å². The number of halogens is 1. The van der Waals surface area contributed by atoms with E-state index in [-0.39, 0.29) is 12.2 Å². The Balaban J connectivity index is 1.44. The van der Waals surface area contributed by atoms with Gasteiger partial charge in [-0.1, -0.05) is 36.4 Å². The molecule has 26 heavy (non-hydrogen) atoms. The van der Waals surface area contributed by atoms with Crippen LogP contribution in [0.4, 0.5) is 0 Å². The Bertz CT molecular complexity index is 626. The lowest BCUT2D eigenvalue weighted by Gasteiger charge is -2.38. The van der Waals surface area contributed by atoms with Gasteiger partial charge in [-0.25, -0.2) is 0 Å². The van der Waals surface area contributed by atoms with Crippen molar-refractivity contribution in [2.24, 2.45) is 17.8 Å². The van der Waals surface area contributed by atoms with E-state index in [0.717, 1.165) is 16.5 Å². The summed E-state index contributed by atoms with van der Waals surface area (Å²) in [5.74, 6) is 8.41. The first-order valence-corrected chi connectivity index (χ1v) is 10.2. The lowest BCUT2D eigenvalue weighted by molar-refractivity contribution is -0.138. The third-order valence-electron chi connectivity index (χ3n) is 5.87. The predicted octanol–water partition coefficient (Wildman–Crippen LogP) is 5.49. The Morgan fingerprint density at radius 1 is 1.15 bits per heavy atom. The third kappa shape index (κ3) is 5.13. The van der Waals surface area contributed by atoms with Crippen LogP contribution in [0.25, 0.3) is 0 Å². The van der Waals surface area contributed by atoms with E-state index in [1.165, 1.54) is 32.1 Å². The normalized spacial score (nSPS) is 30.1. The summed E-state index contributed by atoms with van der Waals surface area (Å²) in [6.45, 7) is 7.49. The molecular formula is C23H29ClO2. The molecule has 3 heteroatoms. The van der Waals surface area contributed by atoms with E-state index in [4.69, 9.17) is 21.1 Å². The number of hydrogen-bond acceptors (Lipinski definition) is 2. The van der Waals surface area contributed by atoms with Crippen molar-refractivity contribution in [2.75, 3.05) is 13.2 Å². The van der Waals surface area contributed by atoms with E-state index in [1.54, 1.807) is 0 Å². The molecule has 1 saturated heterocycles. The molecule has 0 spiro atoms. The van der Waals surface area contributed by atoms with Crippen molar-refractivity contribution in [3.8, 4) is 11.8 Å². The van der Waals surface area contributed by atoms with Crippen LogP contribution in [-0.4, -0.2) is 25.4 Å². The molecule has 2 nitrogen and oxygen atoms in total. The Morgan fingerprint density at radius 3 is 2.46 bits per heavy atom. The minimum Gasteiger partial charge on any atom is -0.372 e. The van der Waals surface area contributed by atoms with Crippen LogP contribution in [0.5, 0.6) is 0 Å². The highest BCUT2D eigenvalue weighted by molar-refractivity contribution is 6.30. The van der Waals surface area contributed by atoms with Crippen LogP contribution >= 0.6 is 11.6 Å². The summed E-state index contributed by atoms with van der Waals surface area (Å²) in [5, 5.41) is 0.726. The van der Waals surface area contributed by atoms with Crippen molar-refractivity contribution in [3.05, 3.63) is 47.5 Å². The van der Waals surface area contributed by atoms with Crippen LogP contribution in [0.15, 0.2) is 36.9 Å². The lowest BCUT2D eigenvalue weighted by Crippen LogP contribution is -2.41. The van der Waals surface area contributed by atoms with Gasteiger partial charge in [-0.2, -0.15) is 0 Å². The molecule has 3 rings (SSSR count). The zero-order chi connectivity index (χ0) is 18.4. The van der Waals surface area contributed by atoms with Crippen molar-refractivity contribution in [2.45, 2.75) is 51.2 Å². The van der Waals surface area contributed by atoms with Gasteiger partial charge >= 0.3 is 0 Å². The largest absolute Gasteiger partial charge is 0.372 e. The molecule has 1 heterocycles. The average molecular weight is 373 g/mol. The zero-order valence-electron chi connectivity index (χ0n) is 15.6. The fourth-order valence-electron chi connectivity index (χ4n) is 4.21. The SMILES string of the molecule is C=CC(CC)C1CCC(C2COC(C#Cc3ccc(Cl)cc3)CO2)CC1. The molecule has 0 aromatic heterocycles. The van der Waals surface area contributed by atoms with Gasteiger partial charge in [-0.15, -0.1) is 6.58 Å². The van der Waals surface area contributed by atoms with E-state index in [2.05, 4.69) is 31.4 Å². The van der Waals surface area contributed by atoms with Gasteiger partial charge in [0, 0.05) is 10.6 Å². The van der Waals surface area contributed by atoms with Crippen molar-refractivity contribution in [3.63, 3.8) is 0 Å². The van der Waals surface area contributed by atoms with Gasteiger partial charge in [0.1, 0.15) is 6.10 Å². The van der Waals surface area contributed by atoms with Crippen molar-refractivity contribution in [1.82, 2.24) is 0 Å². The highest BCUT2D eigenvalue weighted by atomic mass is 35.5. The van der Waals surface area contributed by atoms with Crippen molar-refractivity contribution in [1.29, 1.82) is 0 Å². The molecule has 0 bridgehead atoms. The number of hydrogen-bond donors (Lipinski definition) is 0. The Kier molecular flexibility index (Phi) is 7.20. The molecule has 1 saturated carbocycles. The molecule has 3 atom stereocenters. The smallest absolute Gasteiger partial charge is 0.141 e. The van der Waals surface area contributed by atoms with Gasteiger partial charge < -0.3 is 9.47 Å². The summed E-state index contributed by atoms with van der Waals surface area (Å²) >= 11 is 5.90. The summed E-state index contributed by atoms with van der Waals surface area (Å²) in [6, 6.07) is 7.55. The summed E-state index contributed by atoms with van der Waals surface area (Å²) in [4.78, 5) is 0. The first-order valence-electron chi connectivity index (χ1n) is 9.82. The van der Waals surface area contributed by atoms with E-state index in [9.17, 15) is 0 Å². The van der Waals surface area contributed by atoms with Crippen LogP contribution in [0.1, 0.15) is 44.6 Å². The highest BCUT2D eigenvalue weighted by Gasteiger charge is 2.33. The minimum atomic E-state index is -0.136. The van der Waals surface area contributed by atoms with Crippen LogP contribution in [0.3, 0.4) is 0 Å². The predicted molar refractivity (Wildman–Crippen MR) is 107 cm³/mol. The van der Waals surface area contributed by atoms with Gasteiger partial charge in [-0.05, 0) is 74.1 Å².